The molecule has 2 N–H and O–H groups in total. The molecule has 3 rings (SSSR count). The average molecular weight is 611 g/mol. The SMILES string of the molecule is CC(C)(C)OC(=O)c1ccc(Nc2cc(NCc3ccc(OCCCBr)cc3)nc(OCC(F)(F)F)n2)cc1. The highest BCUT2D eigenvalue weighted by Gasteiger charge is 2.29. The molecule has 210 valence electrons. The van der Waals surface area contributed by atoms with Gasteiger partial charge in [0.25, 0.3) is 0 Å². The van der Waals surface area contributed by atoms with Crippen LogP contribution in [0.3, 0.4) is 0 Å². The van der Waals surface area contributed by atoms with Crippen LogP contribution in [0.5, 0.6) is 11.8 Å². The molecular formula is C27H30BrF3N4O4. The van der Waals surface area contributed by atoms with E-state index < -0.39 is 30.4 Å². The van der Waals surface area contributed by atoms with Crippen molar-refractivity contribution in [2.24, 2.45) is 0 Å². The Morgan fingerprint density at radius 2 is 1.62 bits per heavy atom. The summed E-state index contributed by atoms with van der Waals surface area (Å²) in [5.41, 5.74) is 1.18. The first-order valence-corrected chi connectivity index (χ1v) is 13.2. The molecule has 0 saturated carbocycles. The fraction of sp³-hybridized carbons (Fsp3) is 0.370. The number of ether oxygens (including phenoxy) is 3. The van der Waals surface area contributed by atoms with Crippen LogP contribution in [-0.2, 0) is 11.3 Å². The highest BCUT2D eigenvalue weighted by molar-refractivity contribution is 9.09. The minimum atomic E-state index is -4.55. The van der Waals surface area contributed by atoms with Gasteiger partial charge in [0.15, 0.2) is 6.61 Å². The Balaban J connectivity index is 1.71. The molecule has 0 unspecified atom stereocenters. The molecule has 0 aliphatic rings. The van der Waals surface area contributed by atoms with Gasteiger partial charge in [-0.15, -0.1) is 0 Å². The Bertz CT molecular complexity index is 1220. The van der Waals surface area contributed by atoms with Gasteiger partial charge >= 0.3 is 18.2 Å². The summed E-state index contributed by atoms with van der Waals surface area (Å²) in [4.78, 5) is 20.4. The van der Waals surface area contributed by atoms with Gasteiger partial charge in [-0.1, -0.05) is 28.1 Å². The summed E-state index contributed by atoms with van der Waals surface area (Å²) >= 11 is 3.36. The summed E-state index contributed by atoms with van der Waals surface area (Å²) < 4.78 is 54.0. The molecule has 3 aromatic rings. The van der Waals surface area contributed by atoms with Crippen LogP contribution in [0.4, 0.5) is 30.5 Å². The molecule has 1 aromatic heterocycles. The topological polar surface area (TPSA) is 94.6 Å². The second-order valence-electron chi connectivity index (χ2n) is 9.42. The van der Waals surface area contributed by atoms with Crippen molar-refractivity contribution in [2.75, 3.05) is 29.2 Å². The number of carbonyl (C=O) groups excluding carboxylic acids is 1. The quantitative estimate of drug-likeness (QED) is 0.130. The molecule has 0 fully saturated rings. The number of nitrogens with one attached hydrogen (secondary N) is 2. The van der Waals surface area contributed by atoms with E-state index in [0.29, 0.717) is 24.4 Å². The molecule has 0 amide bonds. The van der Waals surface area contributed by atoms with Gasteiger partial charge < -0.3 is 24.8 Å². The third-order valence-electron chi connectivity index (χ3n) is 4.81. The lowest BCUT2D eigenvalue weighted by Gasteiger charge is -2.19. The van der Waals surface area contributed by atoms with Crippen LogP contribution in [-0.4, -0.2) is 46.3 Å². The van der Waals surface area contributed by atoms with E-state index in [9.17, 15) is 18.0 Å². The highest BCUT2D eigenvalue weighted by Crippen LogP contribution is 2.24. The maximum atomic E-state index is 12.7. The molecule has 39 heavy (non-hydrogen) atoms. The van der Waals surface area contributed by atoms with Crippen molar-refractivity contribution in [1.29, 1.82) is 0 Å². The molecule has 0 bridgehead atoms. The van der Waals surface area contributed by atoms with E-state index in [0.717, 1.165) is 23.1 Å². The fourth-order valence-electron chi connectivity index (χ4n) is 3.11. The minimum absolute atomic E-state index is 0.199. The van der Waals surface area contributed by atoms with Crippen molar-refractivity contribution in [2.45, 2.75) is 45.5 Å². The zero-order valence-electron chi connectivity index (χ0n) is 21.8. The van der Waals surface area contributed by atoms with Gasteiger partial charge in [0.05, 0.1) is 12.2 Å². The first-order valence-electron chi connectivity index (χ1n) is 12.1. The molecule has 0 aliphatic carbocycles. The lowest BCUT2D eigenvalue weighted by Crippen LogP contribution is -2.23. The standard InChI is InChI=1S/C27H30BrF3N4O4/c1-26(2,3)39-24(36)19-7-9-20(10-8-19)33-23-15-22(34-25(35-23)38-17-27(29,30)31)32-16-18-5-11-21(12-6-18)37-14-4-13-28/h5-12,15H,4,13-14,16-17H2,1-3H3,(H2,32,33,34,35). The number of nitrogens with zero attached hydrogens (tertiary/aromatic N) is 2. The van der Waals surface area contributed by atoms with Gasteiger partial charge in [0.1, 0.15) is 23.0 Å². The van der Waals surface area contributed by atoms with Gasteiger partial charge in [0, 0.05) is 23.6 Å². The number of rotatable bonds is 12. The summed E-state index contributed by atoms with van der Waals surface area (Å²) in [6.45, 7) is 4.74. The molecule has 0 aliphatic heterocycles. The maximum Gasteiger partial charge on any atom is 0.422 e. The first-order chi connectivity index (χ1) is 18.4. The van der Waals surface area contributed by atoms with Crippen molar-refractivity contribution >= 4 is 39.2 Å². The predicted octanol–water partition coefficient (Wildman–Crippen LogP) is 6.89. The lowest BCUT2D eigenvalue weighted by atomic mass is 10.1. The van der Waals surface area contributed by atoms with Gasteiger partial charge in [0.2, 0.25) is 0 Å². The van der Waals surface area contributed by atoms with Crippen LogP contribution in [0.2, 0.25) is 0 Å². The molecule has 12 heteroatoms. The van der Waals surface area contributed by atoms with Gasteiger partial charge in [-0.25, -0.2) is 4.79 Å². The largest absolute Gasteiger partial charge is 0.494 e. The van der Waals surface area contributed by atoms with Crippen LogP contribution in [0.25, 0.3) is 0 Å². The zero-order valence-corrected chi connectivity index (χ0v) is 23.4. The molecule has 0 radical (unpaired) electrons. The van der Waals surface area contributed by atoms with E-state index in [2.05, 4.69) is 36.5 Å². The number of hydrogen-bond donors (Lipinski definition) is 2. The lowest BCUT2D eigenvalue weighted by molar-refractivity contribution is -0.154. The number of aromatic nitrogens is 2. The normalized spacial score (nSPS) is 11.6. The molecule has 8 nitrogen and oxygen atoms in total. The number of benzene rings is 2. The number of carbonyl (C=O) groups is 1. The number of anilines is 3. The average Bonchev–Trinajstić information content (AvgIpc) is 2.86. The van der Waals surface area contributed by atoms with Crippen molar-refractivity contribution in [1.82, 2.24) is 9.97 Å². The van der Waals surface area contributed by atoms with E-state index in [1.54, 1.807) is 51.1 Å². The molecule has 2 aromatic carbocycles. The Kier molecular flexibility index (Phi) is 10.4. The summed E-state index contributed by atoms with van der Waals surface area (Å²) in [7, 11) is 0. The Hall–Kier alpha value is -3.54. The molecule has 0 atom stereocenters. The van der Waals surface area contributed by atoms with Crippen molar-refractivity contribution in [3.8, 4) is 11.8 Å². The number of esters is 1. The second kappa shape index (κ2) is 13.5. The highest BCUT2D eigenvalue weighted by atomic mass is 79.9. The Morgan fingerprint density at radius 1 is 0.949 bits per heavy atom. The Morgan fingerprint density at radius 3 is 2.23 bits per heavy atom. The van der Waals surface area contributed by atoms with Crippen molar-refractivity contribution in [3.05, 3.63) is 65.7 Å². The summed E-state index contributed by atoms with van der Waals surface area (Å²) in [5, 5.41) is 6.94. The van der Waals surface area contributed by atoms with E-state index in [4.69, 9.17) is 14.2 Å². The van der Waals surface area contributed by atoms with Gasteiger partial charge in [-0.05, 0) is 69.2 Å². The number of halogens is 4. The predicted molar refractivity (Wildman–Crippen MR) is 146 cm³/mol. The van der Waals surface area contributed by atoms with E-state index >= 15 is 0 Å². The Labute approximate surface area is 233 Å². The third-order valence-corrected chi connectivity index (χ3v) is 5.37. The van der Waals surface area contributed by atoms with Crippen LogP contribution >= 0.6 is 15.9 Å². The molecular weight excluding hydrogens is 581 g/mol. The summed E-state index contributed by atoms with van der Waals surface area (Å²) in [6.07, 6.45) is -3.66. The number of hydrogen-bond acceptors (Lipinski definition) is 8. The molecule has 0 saturated heterocycles. The van der Waals surface area contributed by atoms with E-state index in [1.165, 1.54) is 0 Å². The minimum Gasteiger partial charge on any atom is -0.494 e. The smallest absolute Gasteiger partial charge is 0.422 e. The van der Waals surface area contributed by atoms with Crippen LogP contribution in [0, 0.1) is 0 Å². The van der Waals surface area contributed by atoms with Crippen LogP contribution < -0.4 is 20.1 Å². The maximum absolute atomic E-state index is 12.7. The van der Waals surface area contributed by atoms with Crippen LogP contribution in [0.1, 0.15) is 43.1 Å². The monoisotopic (exact) mass is 610 g/mol. The third kappa shape index (κ3) is 11.0. The van der Waals surface area contributed by atoms with Gasteiger partial charge in [-0.2, -0.15) is 23.1 Å². The van der Waals surface area contributed by atoms with E-state index in [-0.39, 0.29) is 11.6 Å². The van der Waals surface area contributed by atoms with E-state index in [1.807, 2.05) is 24.3 Å². The summed E-state index contributed by atoms with van der Waals surface area (Å²) in [5.74, 6) is 0.732. The van der Waals surface area contributed by atoms with Crippen molar-refractivity contribution in [3.63, 3.8) is 0 Å². The molecule has 1 heterocycles. The second-order valence-corrected chi connectivity index (χ2v) is 10.2. The zero-order chi connectivity index (χ0) is 28.5. The first kappa shape index (κ1) is 30.0. The molecule has 0 spiro atoms. The fourth-order valence-corrected chi connectivity index (χ4v) is 3.33. The van der Waals surface area contributed by atoms with Gasteiger partial charge in [-0.3, -0.25) is 0 Å². The van der Waals surface area contributed by atoms with Crippen LogP contribution in [0.15, 0.2) is 54.6 Å². The summed E-state index contributed by atoms with van der Waals surface area (Å²) in [6, 6.07) is 15.0. The number of alkyl halides is 4. The van der Waals surface area contributed by atoms with Crippen molar-refractivity contribution < 1.29 is 32.2 Å².